The van der Waals surface area contributed by atoms with Gasteiger partial charge in [-0.3, -0.25) is 4.98 Å². The minimum absolute atomic E-state index is 0.294. The molecule has 0 amide bonds. The highest BCUT2D eigenvalue weighted by Gasteiger charge is 2.09. The molecule has 1 aromatic heterocycles. The Hall–Kier alpha value is -2.42. The van der Waals surface area contributed by atoms with Crippen molar-refractivity contribution in [3.8, 4) is 0 Å². The Morgan fingerprint density at radius 2 is 1.89 bits per heavy atom. The highest BCUT2D eigenvalue weighted by Crippen LogP contribution is 2.14. The maximum atomic E-state index is 11.8. The fourth-order valence-corrected chi connectivity index (χ4v) is 1.70. The number of benzene rings is 1. The molecule has 0 saturated heterocycles. The molecule has 2 rings (SSSR count). The molecular formula is C16H15NO2. The molecule has 0 saturated carbocycles. The average molecular weight is 253 g/mol. The summed E-state index contributed by atoms with van der Waals surface area (Å²) in [6.07, 6.45) is 7.31. The zero-order valence-corrected chi connectivity index (χ0v) is 10.7. The number of carbonyl (C=O) groups excluding carboxylic acids is 1. The molecule has 0 N–H and O–H groups in total. The van der Waals surface area contributed by atoms with E-state index in [-0.39, 0.29) is 5.97 Å². The first-order valence-corrected chi connectivity index (χ1v) is 6.15. The summed E-state index contributed by atoms with van der Waals surface area (Å²) in [5.41, 5.74) is 2.46. The largest absolute Gasteiger partial charge is 0.462 e. The third kappa shape index (κ3) is 3.52. The quantitative estimate of drug-likeness (QED) is 0.784. The Balaban J connectivity index is 2.25. The van der Waals surface area contributed by atoms with Crippen LogP contribution in [0.1, 0.15) is 28.4 Å². The van der Waals surface area contributed by atoms with Crippen LogP contribution >= 0.6 is 0 Å². The van der Waals surface area contributed by atoms with E-state index in [0.717, 1.165) is 11.1 Å². The lowest BCUT2D eigenvalue weighted by molar-refractivity contribution is 0.0526. The molecule has 96 valence electrons. The number of ether oxygens (including phenoxy) is 1. The van der Waals surface area contributed by atoms with Gasteiger partial charge in [0.2, 0.25) is 0 Å². The van der Waals surface area contributed by atoms with E-state index in [1.54, 1.807) is 25.4 Å². The lowest BCUT2D eigenvalue weighted by Gasteiger charge is -2.05. The van der Waals surface area contributed by atoms with Crippen LogP contribution in [0.15, 0.2) is 48.8 Å². The molecular weight excluding hydrogens is 238 g/mol. The number of pyridine rings is 1. The second-order valence-corrected chi connectivity index (χ2v) is 3.92. The zero-order valence-electron chi connectivity index (χ0n) is 10.7. The van der Waals surface area contributed by atoms with Gasteiger partial charge < -0.3 is 4.74 Å². The van der Waals surface area contributed by atoms with Crippen LogP contribution in [0.5, 0.6) is 0 Å². The lowest BCUT2D eigenvalue weighted by atomic mass is 10.1. The van der Waals surface area contributed by atoms with E-state index in [9.17, 15) is 4.79 Å². The fraction of sp³-hybridized carbons (Fsp3) is 0.125. The normalized spacial score (nSPS) is 10.6. The van der Waals surface area contributed by atoms with Crippen molar-refractivity contribution in [2.45, 2.75) is 6.92 Å². The zero-order chi connectivity index (χ0) is 13.5. The SMILES string of the molecule is CCOC(=O)c1ccccc1C=Cc1ccncc1. The second kappa shape index (κ2) is 6.50. The van der Waals surface area contributed by atoms with Crippen LogP contribution in [0, 0.1) is 0 Å². The Kier molecular flexibility index (Phi) is 4.45. The Labute approximate surface area is 112 Å². The van der Waals surface area contributed by atoms with Crippen LogP contribution in [0.2, 0.25) is 0 Å². The van der Waals surface area contributed by atoms with Gasteiger partial charge >= 0.3 is 5.97 Å². The van der Waals surface area contributed by atoms with E-state index in [2.05, 4.69) is 4.98 Å². The Morgan fingerprint density at radius 3 is 2.63 bits per heavy atom. The summed E-state index contributed by atoms with van der Waals surface area (Å²) < 4.78 is 5.04. The molecule has 0 aliphatic heterocycles. The van der Waals surface area contributed by atoms with Crippen molar-refractivity contribution in [3.05, 3.63) is 65.5 Å². The topological polar surface area (TPSA) is 39.2 Å². The molecule has 2 aromatic rings. The van der Waals surface area contributed by atoms with Gasteiger partial charge in [-0.1, -0.05) is 30.4 Å². The summed E-state index contributed by atoms with van der Waals surface area (Å²) in [7, 11) is 0. The standard InChI is InChI=1S/C16H15NO2/c1-2-19-16(18)15-6-4-3-5-14(15)8-7-13-9-11-17-12-10-13/h3-12H,2H2,1H3. The van der Waals surface area contributed by atoms with Crippen molar-refractivity contribution < 1.29 is 9.53 Å². The maximum Gasteiger partial charge on any atom is 0.338 e. The molecule has 0 aliphatic rings. The predicted octanol–water partition coefficient (Wildman–Crippen LogP) is 3.43. The van der Waals surface area contributed by atoms with Crippen molar-refractivity contribution in [2.75, 3.05) is 6.61 Å². The molecule has 0 atom stereocenters. The fourth-order valence-electron chi connectivity index (χ4n) is 1.70. The third-order valence-electron chi connectivity index (χ3n) is 2.62. The molecule has 0 aliphatic carbocycles. The predicted molar refractivity (Wildman–Crippen MR) is 75.6 cm³/mol. The molecule has 1 heterocycles. The Morgan fingerprint density at radius 1 is 1.16 bits per heavy atom. The van der Waals surface area contributed by atoms with Crippen LogP contribution in [0.3, 0.4) is 0 Å². The third-order valence-corrected chi connectivity index (χ3v) is 2.62. The average Bonchev–Trinajstić information content (AvgIpc) is 2.47. The van der Waals surface area contributed by atoms with Gasteiger partial charge in [0.25, 0.3) is 0 Å². The summed E-state index contributed by atoms with van der Waals surface area (Å²) in [5.74, 6) is -0.294. The first-order valence-electron chi connectivity index (χ1n) is 6.15. The number of esters is 1. The van der Waals surface area contributed by atoms with Crippen molar-refractivity contribution in [1.29, 1.82) is 0 Å². The number of aromatic nitrogens is 1. The summed E-state index contributed by atoms with van der Waals surface area (Å²) in [5, 5.41) is 0. The number of hydrogen-bond donors (Lipinski definition) is 0. The van der Waals surface area contributed by atoms with E-state index in [1.165, 1.54) is 0 Å². The van der Waals surface area contributed by atoms with Crippen LogP contribution in [0.4, 0.5) is 0 Å². The van der Waals surface area contributed by atoms with Crippen LogP contribution < -0.4 is 0 Å². The minimum Gasteiger partial charge on any atom is -0.462 e. The number of carbonyl (C=O) groups is 1. The molecule has 0 spiro atoms. The van der Waals surface area contributed by atoms with Crippen molar-refractivity contribution >= 4 is 18.1 Å². The van der Waals surface area contributed by atoms with Gasteiger partial charge in [0.05, 0.1) is 12.2 Å². The molecule has 3 nitrogen and oxygen atoms in total. The van der Waals surface area contributed by atoms with Crippen molar-refractivity contribution in [1.82, 2.24) is 4.98 Å². The smallest absolute Gasteiger partial charge is 0.338 e. The highest BCUT2D eigenvalue weighted by molar-refractivity contribution is 5.94. The first-order chi connectivity index (χ1) is 9.31. The maximum absolute atomic E-state index is 11.8. The molecule has 0 fully saturated rings. The lowest BCUT2D eigenvalue weighted by Crippen LogP contribution is -2.06. The molecule has 1 aromatic carbocycles. The first kappa shape index (κ1) is 13.0. The summed E-state index contributed by atoms with van der Waals surface area (Å²) in [6, 6.07) is 11.2. The monoisotopic (exact) mass is 253 g/mol. The van der Waals surface area contributed by atoms with Crippen LogP contribution in [-0.2, 0) is 4.74 Å². The van der Waals surface area contributed by atoms with Crippen LogP contribution in [-0.4, -0.2) is 17.6 Å². The van der Waals surface area contributed by atoms with Crippen LogP contribution in [0.25, 0.3) is 12.2 Å². The molecule has 0 unspecified atom stereocenters. The molecule has 0 bridgehead atoms. The van der Waals surface area contributed by atoms with Crippen molar-refractivity contribution in [3.63, 3.8) is 0 Å². The highest BCUT2D eigenvalue weighted by atomic mass is 16.5. The Bertz CT molecular complexity index is 576. The van der Waals surface area contributed by atoms with E-state index in [0.29, 0.717) is 12.2 Å². The van der Waals surface area contributed by atoms with E-state index >= 15 is 0 Å². The number of nitrogens with zero attached hydrogens (tertiary/aromatic N) is 1. The van der Waals surface area contributed by atoms with Crippen molar-refractivity contribution in [2.24, 2.45) is 0 Å². The van der Waals surface area contributed by atoms with Gasteiger partial charge in [-0.15, -0.1) is 0 Å². The summed E-state index contributed by atoms with van der Waals surface area (Å²) in [6.45, 7) is 2.18. The van der Waals surface area contributed by atoms with E-state index < -0.39 is 0 Å². The minimum atomic E-state index is -0.294. The number of hydrogen-bond acceptors (Lipinski definition) is 3. The van der Waals surface area contributed by atoms with Gasteiger partial charge in [0.15, 0.2) is 0 Å². The van der Waals surface area contributed by atoms with Gasteiger partial charge in [0, 0.05) is 12.4 Å². The van der Waals surface area contributed by atoms with Gasteiger partial charge in [-0.2, -0.15) is 0 Å². The summed E-state index contributed by atoms with van der Waals surface area (Å²) >= 11 is 0. The van der Waals surface area contributed by atoms with Gasteiger partial charge in [-0.05, 0) is 36.2 Å². The van der Waals surface area contributed by atoms with E-state index in [1.807, 2.05) is 42.5 Å². The summed E-state index contributed by atoms with van der Waals surface area (Å²) in [4.78, 5) is 15.8. The molecule has 0 radical (unpaired) electrons. The second-order valence-electron chi connectivity index (χ2n) is 3.92. The number of rotatable bonds is 4. The molecule has 19 heavy (non-hydrogen) atoms. The van der Waals surface area contributed by atoms with E-state index in [4.69, 9.17) is 4.74 Å². The molecule has 3 heteroatoms. The van der Waals surface area contributed by atoms with Gasteiger partial charge in [-0.25, -0.2) is 4.79 Å². The van der Waals surface area contributed by atoms with Gasteiger partial charge in [0.1, 0.15) is 0 Å².